The van der Waals surface area contributed by atoms with Crippen molar-refractivity contribution in [3.8, 4) is 0 Å². The van der Waals surface area contributed by atoms with Crippen LogP contribution in [0.25, 0.3) is 0 Å². The first-order valence-corrected chi connectivity index (χ1v) is 7.90. The highest BCUT2D eigenvalue weighted by Crippen LogP contribution is 2.24. The van der Waals surface area contributed by atoms with Gasteiger partial charge in [-0.25, -0.2) is 0 Å². The molecular formula is C15H21NO2S. The molecule has 0 bridgehead atoms. The van der Waals surface area contributed by atoms with Gasteiger partial charge in [0.25, 0.3) is 5.91 Å². The lowest BCUT2D eigenvalue weighted by atomic mass is 9.98. The maximum atomic E-state index is 12.6. The monoisotopic (exact) mass is 279 g/mol. The van der Waals surface area contributed by atoms with Crippen LogP contribution in [-0.2, 0) is 4.74 Å². The lowest BCUT2D eigenvalue weighted by molar-refractivity contribution is 0.0568. The SMILES string of the molecule is COCC1CCCN(C(=O)c2ccccc2SC)C1. The Kier molecular flexibility index (Phi) is 5.28. The van der Waals surface area contributed by atoms with Crippen molar-refractivity contribution >= 4 is 17.7 Å². The number of benzene rings is 1. The van der Waals surface area contributed by atoms with Crippen molar-refractivity contribution in [2.24, 2.45) is 5.92 Å². The molecule has 1 aliphatic heterocycles. The van der Waals surface area contributed by atoms with Gasteiger partial charge in [-0.05, 0) is 37.1 Å². The molecule has 0 N–H and O–H groups in total. The van der Waals surface area contributed by atoms with Crippen LogP contribution in [0.3, 0.4) is 0 Å². The number of piperidine rings is 1. The molecule has 2 rings (SSSR count). The molecule has 1 saturated heterocycles. The molecule has 1 aliphatic rings. The van der Waals surface area contributed by atoms with E-state index in [1.54, 1.807) is 18.9 Å². The van der Waals surface area contributed by atoms with Crippen LogP contribution in [0.1, 0.15) is 23.2 Å². The van der Waals surface area contributed by atoms with Gasteiger partial charge >= 0.3 is 0 Å². The van der Waals surface area contributed by atoms with Crippen molar-refractivity contribution in [1.29, 1.82) is 0 Å². The van der Waals surface area contributed by atoms with Crippen molar-refractivity contribution in [3.05, 3.63) is 29.8 Å². The van der Waals surface area contributed by atoms with Crippen LogP contribution in [0.4, 0.5) is 0 Å². The van der Waals surface area contributed by atoms with E-state index in [2.05, 4.69) is 0 Å². The van der Waals surface area contributed by atoms with Crippen molar-refractivity contribution in [2.75, 3.05) is 33.1 Å². The fraction of sp³-hybridized carbons (Fsp3) is 0.533. The Morgan fingerprint density at radius 3 is 3.00 bits per heavy atom. The van der Waals surface area contributed by atoms with E-state index >= 15 is 0 Å². The largest absolute Gasteiger partial charge is 0.384 e. The molecule has 1 fully saturated rings. The zero-order valence-electron chi connectivity index (χ0n) is 11.6. The Hall–Kier alpha value is -1.00. The number of hydrogen-bond donors (Lipinski definition) is 0. The first-order valence-electron chi connectivity index (χ1n) is 6.67. The molecule has 1 amide bonds. The Labute approximate surface area is 119 Å². The Morgan fingerprint density at radius 2 is 2.26 bits per heavy atom. The topological polar surface area (TPSA) is 29.5 Å². The summed E-state index contributed by atoms with van der Waals surface area (Å²) < 4.78 is 5.22. The number of ether oxygens (including phenoxy) is 1. The average molecular weight is 279 g/mol. The van der Waals surface area contributed by atoms with Gasteiger partial charge in [0.05, 0.1) is 12.2 Å². The van der Waals surface area contributed by atoms with Crippen LogP contribution in [0.15, 0.2) is 29.2 Å². The third-order valence-electron chi connectivity index (χ3n) is 3.55. The van der Waals surface area contributed by atoms with E-state index in [1.807, 2.05) is 35.4 Å². The molecule has 4 heteroatoms. The van der Waals surface area contributed by atoms with Gasteiger partial charge in [-0.1, -0.05) is 12.1 Å². The first-order chi connectivity index (χ1) is 9.26. The summed E-state index contributed by atoms with van der Waals surface area (Å²) in [4.78, 5) is 15.6. The summed E-state index contributed by atoms with van der Waals surface area (Å²) in [5.74, 6) is 0.634. The van der Waals surface area contributed by atoms with Gasteiger partial charge in [-0.15, -0.1) is 11.8 Å². The number of methoxy groups -OCH3 is 1. The third-order valence-corrected chi connectivity index (χ3v) is 4.34. The van der Waals surface area contributed by atoms with E-state index in [4.69, 9.17) is 4.74 Å². The molecule has 1 aromatic rings. The summed E-state index contributed by atoms with van der Waals surface area (Å²) >= 11 is 1.63. The zero-order chi connectivity index (χ0) is 13.7. The maximum absolute atomic E-state index is 12.6. The van der Waals surface area contributed by atoms with Crippen LogP contribution < -0.4 is 0 Å². The quantitative estimate of drug-likeness (QED) is 0.794. The highest BCUT2D eigenvalue weighted by atomic mass is 32.2. The molecule has 1 heterocycles. The number of amides is 1. The van der Waals surface area contributed by atoms with Gasteiger partial charge in [0.1, 0.15) is 0 Å². The Morgan fingerprint density at radius 1 is 1.47 bits per heavy atom. The molecule has 0 radical (unpaired) electrons. The number of hydrogen-bond acceptors (Lipinski definition) is 3. The molecule has 0 saturated carbocycles. The summed E-state index contributed by atoms with van der Waals surface area (Å²) in [5.41, 5.74) is 0.827. The molecule has 0 aliphatic carbocycles. The summed E-state index contributed by atoms with van der Waals surface area (Å²) in [6.07, 6.45) is 4.24. The van der Waals surface area contributed by atoms with E-state index in [-0.39, 0.29) is 5.91 Å². The summed E-state index contributed by atoms with van der Waals surface area (Å²) in [7, 11) is 1.73. The van der Waals surface area contributed by atoms with Gasteiger partial charge in [-0.2, -0.15) is 0 Å². The van der Waals surface area contributed by atoms with Crippen LogP contribution in [0.2, 0.25) is 0 Å². The second kappa shape index (κ2) is 6.96. The average Bonchev–Trinajstić information content (AvgIpc) is 2.47. The van der Waals surface area contributed by atoms with Crippen molar-refractivity contribution < 1.29 is 9.53 Å². The van der Waals surface area contributed by atoms with E-state index in [0.717, 1.165) is 43.0 Å². The van der Waals surface area contributed by atoms with E-state index in [9.17, 15) is 4.79 Å². The normalized spacial score (nSPS) is 19.5. The standard InChI is InChI=1S/C15H21NO2S/c1-18-11-12-6-5-9-16(10-12)15(17)13-7-3-4-8-14(13)19-2/h3-4,7-8,12H,5-6,9-11H2,1-2H3. The lowest BCUT2D eigenvalue weighted by Gasteiger charge is -2.32. The van der Waals surface area contributed by atoms with Gasteiger partial charge in [-0.3, -0.25) is 4.79 Å². The van der Waals surface area contributed by atoms with Crippen LogP contribution >= 0.6 is 11.8 Å². The predicted molar refractivity (Wildman–Crippen MR) is 78.7 cm³/mol. The lowest BCUT2D eigenvalue weighted by Crippen LogP contribution is -2.41. The second-order valence-electron chi connectivity index (χ2n) is 4.92. The van der Waals surface area contributed by atoms with Crippen LogP contribution in [0, 0.1) is 5.92 Å². The Balaban J connectivity index is 2.10. The van der Waals surface area contributed by atoms with Crippen molar-refractivity contribution in [1.82, 2.24) is 4.90 Å². The fourth-order valence-corrected chi connectivity index (χ4v) is 3.20. The molecule has 19 heavy (non-hydrogen) atoms. The molecule has 1 atom stereocenters. The van der Waals surface area contributed by atoms with Gasteiger partial charge in [0.15, 0.2) is 0 Å². The van der Waals surface area contributed by atoms with E-state index in [1.165, 1.54) is 0 Å². The molecular weight excluding hydrogens is 258 g/mol. The number of rotatable bonds is 4. The second-order valence-corrected chi connectivity index (χ2v) is 5.76. The zero-order valence-corrected chi connectivity index (χ0v) is 12.4. The fourth-order valence-electron chi connectivity index (χ4n) is 2.61. The Bertz CT molecular complexity index is 434. The van der Waals surface area contributed by atoms with Crippen molar-refractivity contribution in [3.63, 3.8) is 0 Å². The number of carbonyl (C=O) groups excluding carboxylic acids is 1. The van der Waals surface area contributed by atoms with Crippen molar-refractivity contribution in [2.45, 2.75) is 17.7 Å². The van der Waals surface area contributed by atoms with Gasteiger partial charge in [0.2, 0.25) is 0 Å². The highest BCUT2D eigenvalue weighted by Gasteiger charge is 2.25. The molecule has 1 aromatic carbocycles. The minimum absolute atomic E-state index is 0.158. The number of thioether (sulfide) groups is 1. The van der Waals surface area contributed by atoms with Crippen LogP contribution in [0.5, 0.6) is 0 Å². The van der Waals surface area contributed by atoms with Gasteiger partial charge in [0, 0.05) is 25.1 Å². The maximum Gasteiger partial charge on any atom is 0.254 e. The molecule has 0 aromatic heterocycles. The summed E-state index contributed by atoms with van der Waals surface area (Å²) in [6, 6.07) is 7.85. The predicted octanol–water partition coefficient (Wildman–Crippen LogP) is 2.91. The molecule has 104 valence electrons. The molecule has 1 unspecified atom stereocenters. The summed E-state index contributed by atoms with van der Waals surface area (Å²) in [5, 5.41) is 0. The van der Waals surface area contributed by atoms with E-state index in [0.29, 0.717) is 5.92 Å². The number of nitrogens with zero attached hydrogens (tertiary/aromatic N) is 1. The molecule has 3 nitrogen and oxygen atoms in total. The smallest absolute Gasteiger partial charge is 0.254 e. The first kappa shape index (κ1) is 14.4. The number of carbonyl (C=O) groups is 1. The minimum atomic E-state index is 0.158. The summed E-state index contributed by atoms with van der Waals surface area (Å²) in [6.45, 7) is 2.42. The third kappa shape index (κ3) is 3.51. The molecule has 0 spiro atoms. The van der Waals surface area contributed by atoms with Crippen LogP contribution in [-0.4, -0.2) is 43.9 Å². The highest BCUT2D eigenvalue weighted by molar-refractivity contribution is 7.98. The number of likely N-dealkylation sites (tertiary alicyclic amines) is 1. The van der Waals surface area contributed by atoms with Gasteiger partial charge < -0.3 is 9.64 Å². The minimum Gasteiger partial charge on any atom is -0.384 e. The van der Waals surface area contributed by atoms with E-state index < -0.39 is 0 Å².